The van der Waals surface area contributed by atoms with Crippen LogP contribution in [0.2, 0.25) is 0 Å². The van der Waals surface area contributed by atoms with Crippen molar-refractivity contribution in [2.45, 2.75) is 24.1 Å². The number of benzene rings is 1. The van der Waals surface area contributed by atoms with E-state index < -0.39 is 0 Å². The highest BCUT2D eigenvalue weighted by atomic mass is 32.2. The number of pyridine rings is 1. The van der Waals surface area contributed by atoms with Gasteiger partial charge in [-0.05, 0) is 12.0 Å². The molecule has 0 unspecified atom stereocenters. The van der Waals surface area contributed by atoms with Crippen molar-refractivity contribution in [1.29, 1.82) is 0 Å². The molecule has 4 rings (SSSR count). The van der Waals surface area contributed by atoms with Gasteiger partial charge >= 0.3 is 0 Å². The minimum atomic E-state index is -0.101. The third-order valence-electron chi connectivity index (χ3n) is 4.18. The standard InChI is InChI=1S/C21H19N3O2S2/c1-2-8-26-18-10-22-15(9-17(18)25)11-27-20-19-16(14-6-4-3-5-7-14)12-28-21(19)24-13-23-20/h3-7,9-10,12-13H,2,8,11H2,1H3,(H,22,25). The molecular weight excluding hydrogens is 390 g/mol. The second kappa shape index (κ2) is 8.58. The highest BCUT2D eigenvalue weighted by Gasteiger charge is 2.14. The monoisotopic (exact) mass is 409 g/mol. The molecule has 1 aromatic carbocycles. The largest absolute Gasteiger partial charge is 0.488 e. The quantitative estimate of drug-likeness (QED) is 0.339. The molecule has 3 heterocycles. The van der Waals surface area contributed by atoms with Crippen LogP contribution in [0.3, 0.4) is 0 Å². The van der Waals surface area contributed by atoms with Gasteiger partial charge in [-0.2, -0.15) is 0 Å². The maximum Gasteiger partial charge on any atom is 0.223 e. The Morgan fingerprint density at radius 2 is 2.07 bits per heavy atom. The molecule has 0 atom stereocenters. The third kappa shape index (κ3) is 3.95. The van der Waals surface area contributed by atoms with E-state index in [-0.39, 0.29) is 5.43 Å². The number of H-pyrrole nitrogens is 1. The van der Waals surface area contributed by atoms with Crippen LogP contribution in [0, 0.1) is 0 Å². The zero-order valence-electron chi connectivity index (χ0n) is 15.3. The van der Waals surface area contributed by atoms with E-state index in [2.05, 4.69) is 32.5 Å². The first-order chi connectivity index (χ1) is 13.8. The second-order valence-electron chi connectivity index (χ2n) is 6.20. The van der Waals surface area contributed by atoms with Crippen molar-refractivity contribution >= 4 is 33.3 Å². The highest BCUT2D eigenvalue weighted by molar-refractivity contribution is 7.98. The van der Waals surface area contributed by atoms with Gasteiger partial charge in [-0.3, -0.25) is 4.79 Å². The number of hydrogen-bond donors (Lipinski definition) is 1. The molecule has 0 aliphatic carbocycles. The van der Waals surface area contributed by atoms with Crippen molar-refractivity contribution in [3.05, 3.63) is 70.2 Å². The molecule has 28 heavy (non-hydrogen) atoms. The molecule has 3 aromatic heterocycles. The Kier molecular flexibility index (Phi) is 5.73. The van der Waals surface area contributed by atoms with Gasteiger partial charge < -0.3 is 9.72 Å². The van der Waals surface area contributed by atoms with Crippen LogP contribution in [0.1, 0.15) is 19.0 Å². The van der Waals surface area contributed by atoms with E-state index in [1.54, 1.807) is 41.7 Å². The Bertz CT molecular complexity index is 1140. The fourth-order valence-corrected chi connectivity index (χ4v) is 4.75. The Balaban J connectivity index is 1.60. The average molecular weight is 410 g/mol. The van der Waals surface area contributed by atoms with E-state index >= 15 is 0 Å². The molecule has 0 aliphatic rings. The molecule has 7 heteroatoms. The maximum atomic E-state index is 12.2. The summed E-state index contributed by atoms with van der Waals surface area (Å²) in [4.78, 5) is 25.2. The van der Waals surface area contributed by atoms with Crippen molar-refractivity contribution in [3.63, 3.8) is 0 Å². The van der Waals surface area contributed by atoms with Crippen LogP contribution in [0.4, 0.5) is 0 Å². The van der Waals surface area contributed by atoms with E-state index in [0.29, 0.717) is 18.1 Å². The van der Waals surface area contributed by atoms with E-state index in [4.69, 9.17) is 4.74 Å². The van der Waals surface area contributed by atoms with Crippen LogP contribution >= 0.6 is 23.1 Å². The fraction of sp³-hybridized carbons (Fsp3) is 0.190. The molecule has 0 amide bonds. The van der Waals surface area contributed by atoms with Crippen molar-refractivity contribution < 1.29 is 4.74 Å². The topological polar surface area (TPSA) is 67.9 Å². The number of aromatic nitrogens is 3. The normalized spacial score (nSPS) is 11.0. The van der Waals surface area contributed by atoms with Crippen LogP contribution in [-0.4, -0.2) is 21.6 Å². The molecule has 0 aliphatic heterocycles. The average Bonchev–Trinajstić information content (AvgIpc) is 3.17. The van der Waals surface area contributed by atoms with Crippen molar-refractivity contribution in [3.8, 4) is 16.9 Å². The molecule has 0 saturated carbocycles. The highest BCUT2D eigenvalue weighted by Crippen LogP contribution is 2.38. The summed E-state index contributed by atoms with van der Waals surface area (Å²) in [6.45, 7) is 2.55. The summed E-state index contributed by atoms with van der Waals surface area (Å²) in [5.41, 5.74) is 3.02. The predicted molar refractivity (Wildman–Crippen MR) is 115 cm³/mol. The Hall–Kier alpha value is -2.64. The molecular formula is C21H19N3O2S2. The molecule has 142 valence electrons. The van der Waals surface area contributed by atoms with Gasteiger partial charge in [0.05, 0.1) is 12.0 Å². The molecule has 1 N–H and O–H groups in total. The van der Waals surface area contributed by atoms with Crippen LogP contribution in [0.15, 0.2) is 64.1 Å². The summed E-state index contributed by atoms with van der Waals surface area (Å²) in [6.07, 6.45) is 4.11. The summed E-state index contributed by atoms with van der Waals surface area (Å²) < 4.78 is 5.45. The molecule has 5 nitrogen and oxygen atoms in total. The lowest BCUT2D eigenvalue weighted by atomic mass is 10.1. The van der Waals surface area contributed by atoms with Gasteiger partial charge in [-0.15, -0.1) is 11.3 Å². The summed E-state index contributed by atoms with van der Waals surface area (Å²) in [6, 6.07) is 11.9. The Morgan fingerprint density at radius 1 is 1.21 bits per heavy atom. The molecule has 0 bridgehead atoms. The number of aromatic amines is 1. The van der Waals surface area contributed by atoms with E-state index in [1.165, 1.54) is 0 Å². The minimum Gasteiger partial charge on any atom is -0.488 e. The van der Waals surface area contributed by atoms with Crippen molar-refractivity contribution in [2.75, 3.05) is 6.61 Å². The van der Waals surface area contributed by atoms with Gasteiger partial charge in [-0.1, -0.05) is 49.0 Å². The number of nitrogens with zero attached hydrogens (tertiary/aromatic N) is 2. The summed E-state index contributed by atoms with van der Waals surface area (Å²) in [7, 11) is 0. The minimum absolute atomic E-state index is 0.101. The molecule has 4 aromatic rings. The number of thiophene rings is 1. The number of thioether (sulfide) groups is 1. The number of hydrogen-bond acceptors (Lipinski definition) is 6. The lowest BCUT2D eigenvalue weighted by Crippen LogP contribution is -2.09. The Morgan fingerprint density at radius 3 is 2.86 bits per heavy atom. The number of rotatable bonds is 7. The van der Waals surface area contributed by atoms with E-state index in [9.17, 15) is 4.79 Å². The molecule has 0 saturated heterocycles. The first-order valence-corrected chi connectivity index (χ1v) is 10.9. The fourth-order valence-electron chi connectivity index (χ4n) is 2.84. The Labute approximate surface area is 170 Å². The van der Waals surface area contributed by atoms with Crippen LogP contribution in [0.25, 0.3) is 21.3 Å². The van der Waals surface area contributed by atoms with Crippen LogP contribution < -0.4 is 10.2 Å². The first kappa shape index (κ1) is 18.7. The smallest absolute Gasteiger partial charge is 0.223 e. The molecule has 0 fully saturated rings. The van der Waals surface area contributed by atoms with E-state index in [0.717, 1.165) is 38.5 Å². The number of ether oxygens (including phenoxy) is 1. The van der Waals surface area contributed by atoms with Crippen molar-refractivity contribution in [1.82, 2.24) is 15.0 Å². The first-order valence-electron chi connectivity index (χ1n) is 9.01. The number of nitrogens with one attached hydrogen (secondary N) is 1. The van der Waals surface area contributed by atoms with Crippen LogP contribution in [-0.2, 0) is 5.75 Å². The van der Waals surface area contributed by atoms with Gasteiger partial charge in [0.1, 0.15) is 16.2 Å². The zero-order chi connectivity index (χ0) is 19.3. The molecule has 0 spiro atoms. The summed E-state index contributed by atoms with van der Waals surface area (Å²) in [5, 5.41) is 4.10. The van der Waals surface area contributed by atoms with Crippen molar-refractivity contribution in [2.24, 2.45) is 0 Å². The maximum absolute atomic E-state index is 12.2. The summed E-state index contributed by atoms with van der Waals surface area (Å²) >= 11 is 3.21. The van der Waals surface area contributed by atoms with Crippen LogP contribution in [0.5, 0.6) is 5.75 Å². The SMILES string of the molecule is CCCOc1c[nH]c(CSc2ncnc3scc(-c4ccccc4)c23)cc1=O. The predicted octanol–water partition coefficient (Wildman–Crippen LogP) is 5.13. The molecule has 0 radical (unpaired) electrons. The van der Waals surface area contributed by atoms with E-state index in [1.807, 2.05) is 25.1 Å². The van der Waals surface area contributed by atoms with Gasteiger partial charge in [0.25, 0.3) is 0 Å². The second-order valence-corrected chi connectivity index (χ2v) is 8.02. The zero-order valence-corrected chi connectivity index (χ0v) is 17.0. The summed E-state index contributed by atoms with van der Waals surface area (Å²) in [5.74, 6) is 0.976. The van der Waals surface area contributed by atoms with Gasteiger partial charge in [-0.25, -0.2) is 9.97 Å². The number of fused-ring (bicyclic) bond motifs is 1. The van der Waals surface area contributed by atoms with Gasteiger partial charge in [0.2, 0.25) is 5.43 Å². The van der Waals surface area contributed by atoms with Gasteiger partial charge in [0, 0.05) is 34.7 Å². The third-order valence-corrected chi connectivity index (χ3v) is 6.11. The lowest BCUT2D eigenvalue weighted by molar-refractivity contribution is 0.313. The van der Waals surface area contributed by atoms with Gasteiger partial charge in [0.15, 0.2) is 5.75 Å². The lowest BCUT2D eigenvalue weighted by Gasteiger charge is -2.07.